The molecule has 60 valence electrons. The molecular formula is C9H10Cl2. The SMILES string of the molecule is Cc1cc(Cl)ccc1CCCl. The molecule has 2 heteroatoms. The Bertz CT molecular complexity index is 243. The van der Waals surface area contributed by atoms with Crippen LogP contribution in [0.2, 0.25) is 5.02 Å². The van der Waals surface area contributed by atoms with Crippen LogP contribution in [0.25, 0.3) is 0 Å². The summed E-state index contributed by atoms with van der Waals surface area (Å²) in [5.41, 5.74) is 2.50. The van der Waals surface area contributed by atoms with Gasteiger partial charge in [0.1, 0.15) is 0 Å². The summed E-state index contributed by atoms with van der Waals surface area (Å²) in [6.45, 7) is 2.05. The second kappa shape index (κ2) is 3.99. The second-order valence-electron chi connectivity index (χ2n) is 2.51. The summed E-state index contributed by atoms with van der Waals surface area (Å²) in [5.74, 6) is 0.669. The highest BCUT2D eigenvalue weighted by Crippen LogP contribution is 2.15. The standard InChI is InChI=1S/C9H10Cl2/c1-7-6-9(11)3-2-8(7)4-5-10/h2-3,6H,4-5H2,1H3. The fraction of sp³-hybridized carbons (Fsp3) is 0.333. The second-order valence-corrected chi connectivity index (χ2v) is 3.32. The smallest absolute Gasteiger partial charge is 0.0408 e. The van der Waals surface area contributed by atoms with Gasteiger partial charge in [-0.1, -0.05) is 17.7 Å². The molecule has 0 aliphatic carbocycles. The topological polar surface area (TPSA) is 0 Å². The van der Waals surface area contributed by atoms with Crippen molar-refractivity contribution in [3.8, 4) is 0 Å². The van der Waals surface area contributed by atoms with Gasteiger partial charge in [0, 0.05) is 10.9 Å². The van der Waals surface area contributed by atoms with Gasteiger partial charge in [0.2, 0.25) is 0 Å². The van der Waals surface area contributed by atoms with Crippen LogP contribution >= 0.6 is 23.2 Å². The third-order valence-corrected chi connectivity index (χ3v) is 2.09. The molecule has 0 radical (unpaired) electrons. The molecule has 0 N–H and O–H groups in total. The molecule has 11 heavy (non-hydrogen) atoms. The van der Waals surface area contributed by atoms with E-state index in [1.165, 1.54) is 11.1 Å². The number of hydrogen-bond acceptors (Lipinski definition) is 0. The maximum absolute atomic E-state index is 5.78. The number of benzene rings is 1. The lowest BCUT2D eigenvalue weighted by Crippen LogP contribution is -1.89. The summed E-state index contributed by atoms with van der Waals surface area (Å²) in [4.78, 5) is 0. The molecule has 1 rings (SSSR count). The summed E-state index contributed by atoms with van der Waals surface area (Å²) in [6, 6.07) is 5.89. The minimum Gasteiger partial charge on any atom is -0.126 e. The van der Waals surface area contributed by atoms with Gasteiger partial charge in [-0.3, -0.25) is 0 Å². The van der Waals surface area contributed by atoms with Crippen molar-refractivity contribution in [2.45, 2.75) is 13.3 Å². The summed E-state index contributed by atoms with van der Waals surface area (Å²) in [6.07, 6.45) is 0.921. The lowest BCUT2D eigenvalue weighted by molar-refractivity contribution is 1.12. The first-order chi connectivity index (χ1) is 5.24. The van der Waals surface area contributed by atoms with E-state index in [-0.39, 0.29) is 0 Å². The highest BCUT2D eigenvalue weighted by Gasteiger charge is 1.97. The Balaban J connectivity index is 2.90. The summed E-state index contributed by atoms with van der Waals surface area (Å²) >= 11 is 11.4. The maximum atomic E-state index is 5.78. The zero-order chi connectivity index (χ0) is 8.27. The van der Waals surface area contributed by atoms with E-state index in [0.29, 0.717) is 5.88 Å². The van der Waals surface area contributed by atoms with Crippen molar-refractivity contribution < 1.29 is 0 Å². The Morgan fingerprint density at radius 1 is 1.36 bits per heavy atom. The Hall–Kier alpha value is -0.200. The van der Waals surface area contributed by atoms with Crippen LogP contribution in [0.15, 0.2) is 18.2 Å². The Labute approximate surface area is 77.1 Å². The molecule has 0 saturated carbocycles. The maximum Gasteiger partial charge on any atom is 0.0408 e. The van der Waals surface area contributed by atoms with Crippen molar-refractivity contribution in [1.82, 2.24) is 0 Å². The molecule has 0 spiro atoms. The van der Waals surface area contributed by atoms with Crippen LogP contribution < -0.4 is 0 Å². The first-order valence-corrected chi connectivity index (χ1v) is 4.46. The lowest BCUT2D eigenvalue weighted by atomic mass is 10.1. The predicted octanol–water partition coefficient (Wildman–Crippen LogP) is 3.43. The van der Waals surface area contributed by atoms with Gasteiger partial charge >= 0.3 is 0 Å². The molecule has 0 nitrogen and oxygen atoms in total. The van der Waals surface area contributed by atoms with Crippen LogP contribution in [0.5, 0.6) is 0 Å². The summed E-state index contributed by atoms with van der Waals surface area (Å²) < 4.78 is 0. The molecule has 0 aliphatic rings. The third-order valence-electron chi connectivity index (χ3n) is 1.67. The van der Waals surface area contributed by atoms with Crippen molar-refractivity contribution in [3.05, 3.63) is 34.3 Å². The lowest BCUT2D eigenvalue weighted by Gasteiger charge is -2.02. The zero-order valence-electron chi connectivity index (χ0n) is 6.40. The average Bonchev–Trinajstić information content (AvgIpc) is 1.95. The fourth-order valence-electron chi connectivity index (χ4n) is 1.04. The minimum absolute atomic E-state index is 0.669. The Kier molecular flexibility index (Phi) is 3.22. The first-order valence-electron chi connectivity index (χ1n) is 3.55. The van der Waals surface area contributed by atoms with E-state index < -0.39 is 0 Å². The molecule has 0 bridgehead atoms. The van der Waals surface area contributed by atoms with E-state index in [2.05, 4.69) is 0 Å². The van der Waals surface area contributed by atoms with Gasteiger partial charge in [0.05, 0.1) is 0 Å². The fourth-order valence-corrected chi connectivity index (χ4v) is 1.47. The third kappa shape index (κ3) is 2.39. The average molecular weight is 189 g/mol. The van der Waals surface area contributed by atoms with E-state index in [4.69, 9.17) is 23.2 Å². The van der Waals surface area contributed by atoms with Gasteiger partial charge in [-0.05, 0) is 36.6 Å². The van der Waals surface area contributed by atoms with Crippen molar-refractivity contribution in [1.29, 1.82) is 0 Å². The number of aryl methyl sites for hydroxylation is 2. The number of rotatable bonds is 2. The van der Waals surface area contributed by atoms with Gasteiger partial charge in [-0.2, -0.15) is 0 Å². The number of hydrogen-bond donors (Lipinski definition) is 0. The molecule has 0 atom stereocenters. The molecule has 0 aromatic heterocycles. The monoisotopic (exact) mass is 188 g/mol. The van der Waals surface area contributed by atoms with E-state index in [0.717, 1.165) is 11.4 Å². The van der Waals surface area contributed by atoms with Crippen LogP contribution in [-0.4, -0.2) is 5.88 Å². The van der Waals surface area contributed by atoms with Crippen LogP contribution in [0.4, 0.5) is 0 Å². The largest absolute Gasteiger partial charge is 0.126 e. The van der Waals surface area contributed by atoms with E-state index in [9.17, 15) is 0 Å². The van der Waals surface area contributed by atoms with Crippen LogP contribution in [-0.2, 0) is 6.42 Å². The molecule has 1 aromatic carbocycles. The van der Waals surface area contributed by atoms with Gasteiger partial charge in [-0.25, -0.2) is 0 Å². The summed E-state index contributed by atoms with van der Waals surface area (Å²) in [7, 11) is 0. The van der Waals surface area contributed by atoms with Gasteiger partial charge < -0.3 is 0 Å². The van der Waals surface area contributed by atoms with Crippen LogP contribution in [0.3, 0.4) is 0 Å². The van der Waals surface area contributed by atoms with E-state index >= 15 is 0 Å². The van der Waals surface area contributed by atoms with Crippen molar-refractivity contribution >= 4 is 23.2 Å². The number of alkyl halides is 1. The normalized spacial score (nSPS) is 10.1. The zero-order valence-corrected chi connectivity index (χ0v) is 7.91. The molecule has 0 unspecified atom stereocenters. The molecule has 0 amide bonds. The molecule has 0 heterocycles. The molecule has 1 aromatic rings. The first kappa shape index (κ1) is 8.89. The van der Waals surface area contributed by atoms with Crippen LogP contribution in [0.1, 0.15) is 11.1 Å². The van der Waals surface area contributed by atoms with Gasteiger partial charge in [-0.15, -0.1) is 11.6 Å². The van der Waals surface area contributed by atoms with Crippen molar-refractivity contribution in [2.75, 3.05) is 5.88 Å². The minimum atomic E-state index is 0.669. The highest BCUT2D eigenvalue weighted by molar-refractivity contribution is 6.30. The molecule has 0 saturated heterocycles. The van der Waals surface area contributed by atoms with Gasteiger partial charge in [0.15, 0.2) is 0 Å². The van der Waals surface area contributed by atoms with Gasteiger partial charge in [0.25, 0.3) is 0 Å². The van der Waals surface area contributed by atoms with E-state index in [1.807, 2.05) is 25.1 Å². The molecule has 0 aliphatic heterocycles. The van der Waals surface area contributed by atoms with Crippen LogP contribution in [0, 0.1) is 6.92 Å². The summed E-state index contributed by atoms with van der Waals surface area (Å²) in [5, 5.41) is 0.792. The highest BCUT2D eigenvalue weighted by atomic mass is 35.5. The Morgan fingerprint density at radius 3 is 2.64 bits per heavy atom. The predicted molar refractivity (Wildman–Crippen MR) is 50.6 cm³/mol. The quantitative estimate of drug-likeness (QED) is 0.625. The van der Waals surface area contributed by atoms with E-state index in [1.54, 1.807) is 0 Å². The molecule has 0 fully saturated rings. The van der Waals surface area contributed by atoms with Crippen molar-refractivity contribution in [3.63, 3.8) is 0 Å². The Morgan fingerprint density at radius 2 is 2.09 bits per heavy atom. The molecular weight excluding hydrogens is 179 g/mol. The number of halogens is 2. The van der Waals surface area contributed by atoms with Crippen molar-refractivity contribution in [2.24, 2.45) is 0 Å².